The number of thiazole rings is 1. The van der Waals surface area contributed by atoms with Crippen molar-refractivity contribution in [3.63, 3.8) is 0 Å². The monoisotopic (exact) mass is 394 g/mol. The van der Waals surface area contributed by atoms with Crippen molar-refractivity contribution in [1.82, 2.24) is 9.88 Å². The van der Waals surface area contributed by atoms with Gasteiger partial charge in [0.05, 0.1) is 17.7 Å². The Hall–Kier alpha value is -1.58. The number of hydrogen-bond acceptors (Lipinski definition) is 4. The zero-order valence-corrected chi connectivity index (χ0v) is 15.7. The van der Waals surface area contributed by atoms with Crippen molar-refractivity contribution >= 4 is 40.4 Å². The molecule has 0 aliphatic carbocycles. The van der Waals surface area contributed by atoms with Crippen molar-refractivity contribution in [2.24, 2.45) is 0 Å². The molecule has 25 heavy (non-hydrogen) atoms. The number of amides is 1. The molecular weight excluding hydrogens is 379 g/mol. The highest BCUT2D eigenvalue weighted by molar-refractivity contribution is 7.13. The summed E-state index contributed by atoms with van der Waals surface area (Å²) >= 11 is 13.5. The number of ether oxygens (including phenoxy) is 1. The van der Waals surface area contributed by atoms with Crippen LogP contribution < -0.4 is 0 Å². The molecule has 1 aliphatic rings. The summed E-state index contributed by atoms with van der Waals surface area (Å²) in [6.07, 6.45) is 6.68. The molecule has 1 aliphatic heterocycles. The summed E-state index contributed by atoms with van der Waals surface area (Å²) in [6, 6.07) is 5.23. The third-order valence-corrected chi connectivity index (χ3v) is 5.34. The van der Waals surface area contributed by atoms with Crippen LogP contribution in [0, 0.1) is 12.3 Å². The van der Waals surface area contributed by atoms with E-state index in [9.17, 15) is 4.79 Å². The van der Waals surface area contributed by atoms with E-state index in [1.165, 1.54) is 11.3 Å². The minimum Gasteiger partial charge on any atom is -0.375 e. The van der Waals surface area contributed by atoms with Crippen molar-refractivity contribution in [3.05, 3.63) is 39.3 Å². The first-order valence-electron chi connectivity index (χ1n) is 7.84. The van der Waals surface area contributed by atoms with E-state index in [-0.39, 0.29) is 12.0 Å². The van der Waals surface area contributed by atoms with Crippen LogP contribution in [0.1, 0.15) is 23.3 Å². The first kappa shape index (κ1) is 18.2. The fourth-order valence-corrected chi connectivity index (χ4v) is 4.03. The molecule has 2 heterocycles. The number of terminal acetylenes is 1. The van der Waals surface area contributed by atoms with Crippen molar-refractivity contribution in [2.75, 3.05) is 19.7 Å². The molecule has 0 spiro atoms. The summed E-state index contributed by atoms with van der Waals surface area (Å²) in [5, 5.41) is 3.53. The largest absolute Gasteiger partial charge is 0.375 e. The minimum atomic E-state index is -0.0957. The first-order valence-corrected chi connectivity index (χ1v) is 9.47. The molecule has 4 nitrogen and oxygen atoms in total. The van der Waals surface area contributed by atoms with Crippen molar-refractivity contribution < 1.29 is 9.53 Å². The molecule has 0 N–H and O–H groups in total. The van der Waals surface area contributed by atoms with Crippen molar-refractivity contribution in [3.8, 4) is 22.9 Å². The van der Waals surface area contributed by atoms with Gasteiger partial charge in [0.25, 0.3) is 5.91 Å². The molecule has 1 atom stereocenters. The van der Waals surface area contributed by atoms with Crippen LogP contribution in [0.15, 0.2) is 23.6 Å². The number of halogens is 2. The van der Waals surface area contributed by atoms with Crippen molar-refractivity contribution in [2.45, 2.75) is 18.9 Å². The second kappa shape index (κ2) is 8.20. The fourth-order valence-electron chi connectivity index (χ4n) is 2.64. The van der Waals surface area contributed by atoms with Crippen LogP contribution in [0.2, 0.25) is 10.0 Å². The van der Waals surface area contributed by atoms with Gasteiger partial charge in [-0.1, -0.05) is 23.2 Å². The van der Waals surface area contributed by atoms with Gasteiger partial charge in [-0.15, -0.1) is 23.7 Å². The van der Waals surface area contributed by atoms with Crippen LogP contribution in [0.3, 0.4) is 0 Å². The molecule has 1 fully saturated rings. The fraction of sp³-hybridized carbons (Fsp3) is 0.333. The SMILES string of the molecule is C#CCC[C@H]1CN(C(=O)c2csc(-c3ccc(Cl)cc3Cl)n2)CCO1. The Labute approximate surface area is 160 Å². The van der Waals surface area contributed by atoms with E-state index < -0.39 is 0 Å². The van der Waals surface area contributed by atoms with Gasteiger partial charge in [-0.25, -0.2) is 4.98 Å². The highest BCUT2D eigenvalue weighted by atomic mass is 35.5. The van der Waals surface area contributed by atoms with Gasteiger partial charge >= 0.3 is 0 Å². The lowest BCUT2D eigenvalue weighted by molar-refractivity contribution is -0.0242. The summed E-state index contributed by atoms with van der Waals surface area (Å²) < 4.78 is 5.66. The predicted octanol–water partition coefficient (Wildman–Crippen LogP) is 4.37. The number of hydrogen-bond donors (Lipinski definition) is 0. The molecule has 0 saturated carbocycles. The summed E-state index contributed by atoms with van der Waals surface area (Å²) in [5.74, 6) is 2.51. The normalized spacial score (nSPS) is 17.3. The number of carbonyl (C=O) groups is 1. The predicted molar refractivity (Wildman–Crippen MR) is 101 cm³/mol. The molecule has 1 saturated heterocycles. The molecule has 1 aromatic carbocycles. The lowest BCUT2D eigenvalue weighted by atomic mass is 10.1. The smallest absolute Gasteiger partial charge is 0.273 e. The van der Waals surface area contributed by atoms with Crippen LogP contribution >= 0.6 is 34.5 Å². The van der Waals surface area contributed by atoms with Gasteiger partial charge in [-0.3, -0.25) is 4.79 Å². The minimum absolute atomic E-state index is 0.0161. The Morgan fingerprint density at radius 2 is 2.32 bits per heavy atom. The van der Waals surface area contributed by atoms with Crippen molar-refractivity contribution in [1.29, 1.82) is 0 Å². The molecule has 7 heteroatoms. The molecule has 2 aromatic rings. The number of aromatic nitrogens is 1. The zero-order valence-electron chi connectivity index (χ0n) is 13.4. The van der Waals surface area contributed by atoms with Crippen LogP contribution in [-0.4, -0.2) is 41.6 Å². The molecule has 1 amide bonds. The number of benzene rings is 1. The Morgan fingerprint density at radius 1 is 1.48 bits per heavy atom. The molecule has 3 rings (SSSR count). The highest BCUT2D eigenvalue weighted by Crippen LogP contribution is 2.32. The Kier molecular flexibility index (Phi) is 5.98. The number of morpholine rings is 1. The Balaban J connectivity index is 1.73. The maximum Gasteiger partial charge on any atom is 0.273 e. The van der Waals surface area contributed by atoms with E-state index >= 15 is 0 Å². The van der Waals surface area contributed by atoms with Crippen LogP contribution in [-0.2, 0) is 4.74 Å². The molecule has 130 valence electrons. The molecule has 1 aromatic heterocycles. The third-order valence-electron chi connectivity index (χ3n) is 3.92. The molecule has 0 radical (unpaired) electrons. The average molecular weight is 395 g/mol. The van der Waals surface area contributed by atoms with Gasteiger partial charge in [0.1, 0.15) is 10.7 Å². The number of carbonyl (C=O) groups excluding carboxylic acids is 1. The lowest BCUT2D eigenvalue weighted by Gasteiger charge is -2.32. The number of rotatable bonds is 4. The average Bonchev–Trinajstić information content (AvgIpc) is 3.09. The van der Waals surface area contributed by atoms with E-state index in [0.29, 0.717) is 46.9 Å². The van der Waals surface area contributed by atoms with Gasteiger partial charge < -0.3 is 9.64 Å². The summed E-state index contributed by atoms with van der Waals surface area (Å²) in [4.78, 5) is 19.0. The third kappa shape index (κ3) is 4.34. The van der Waals surface area contributed by atoms with Crippen LogP contribution in [0.4, 0.5) is 0 Å². The standard InChI is InChI=1S/C18H16Cl2N2O2S/c1-2-3-4-13-10-22(7-8-24-13)18(23)16-11-25-17(21-16)14-6-5-12(19)9-15(14)20/h1,5-6,9,11,13H,3-4,7-8,10H2/t13-/m0/s1. The van der Waals surface area contributed by atoms with E-state index in [1.54, 1.807) is 22.4 Å². The van der Waals surface area contributed by atoms with E-state index in [2.05, 4.69) is 10.9 Å². The Bertz CT molecular complexity index is 816. The van der Waals surface area contributed by atoms with E-state index in [4.69, 9.17) is 34.4 Å². The summed E-state index contributed by atoms with van der Waals surface area (Å²) in [6.45, 7) is 1.61. The van der Waals surface area contributed by atoms with Gasteiger partial charge in [-0.2, -0.15) is 0 Å². The molecular formula is C18H16Cl2N2O2S. The summed E-state index contributed by atoms with van der Waals surface area (Å²) in [5.41, 5.74) is 1.19. The highest BCUT2D eigenvalue weighted by Gasteiger charge is 2.26. The van der Waals surface area contributed by atoms with E-state index in [0.717, 1.165) is 12.0 Å². The van der Waals surface area contributed by atoms with Gasteiger partial charge in [0.2, 0.25) is 0 Å². The zero-order chi connectivity index (χ0) is 17.8. The van der Waals surface area contributed by atoms with E-state index in [1.807, 2.05) is 6.07 Å². The lowest BCUT2D eigenvalue weighted by Crippen LogP contribution is -2.45. The number of nitrogens with zero attached hydrogens (tertiary/aromatic N) is 2. The van der Waals surface area contributed by atoms with Crippen LogP contribution in [0.5, 0.6) is 0 Å². The quantitative estimate of drug-likeness (QED) is 0.722. The molecule has 0 bridgehead atoms. The van der Waals surface area contributed by atoms with Gasteiger partial charge in [-0.05, 0) is 24.6 Å². The maximum absolute atomic E-state index is 12.7. The second-order valence-electron chi connectivity index (χ2n) is 5.65. The second-order valence-corrected chi connectivity index (χ2v) is 7.35. The summed E-state index contributed by atoms with van der Waals surface area (Å²) in [7, 11) is 0. The first-order chi connectivity index (χ1) is 12.1. The molecule has 0 unspecified atom stereocenters. The maximum atomic E-state index is 12.7. The van der Waals surface area contributed by atoms with Crippen LogP contribution in [0.25, 0.3) is 10.6 Å². The van der Waals surface area contributed by atoms with Gasteiger partial charge in [0.15, 0.2) is 0 Å². The Morgan fingerprint density at radius 3 is 3.08 bits per heavy atom. The topological polar surface area (TPSA) is 42.4 Å². The van der Waals surface area contributed by atoms with Gasteiger partial charge in [0, 0.05) is 35.5 Å².